The fourth-order valence-electron chi connectivity index (χ4n) is 5.28. The minimum atomic E-state index is -4.27. The minimum Gasteiger partial charge on any atom is -0.384 e. The summed E-state index contributed by atoms with van der Waals surface area (Å²) in [6, 6.07) is 7.35. The van der Waals surface area contributed by atoms with Crippen LogP contribution >= 0.6 is 0 Å². The smallest absolute Gasteiger partial charge is 0.318 e. The van der Waals surface area contributed by atoms with Gasteiger partial charge in [0.05, 0.1) is 11.3 Å². The van der Waals surface area contributed by atoms with Gasteiger partial charge in [0, 0.05) is 30.7 Å². The number of anilines is 2. The van der Waals surface area contributed by atoms with Gasteiger partial charge in [-0.25, -0.2) is 19.5 Å². The van der Waals surface area contributed by atoms with Gasteiger partial charge < -0.3 is 20.9 Å². The lowest BCUT2D eigenvalue weighted by Gasteiger charge is -2.34. The third kappa shape index (κ3) is 6.55. The van der Waals surface area contributed by atoms with Gasteiger partial charge >= 0.3 is 6.03 Å². The van der Waals surface area contributed by atoms with E-state index in [1.165, 1.54) is 18.2 Å². The molecule has 1 fully saturated rings. The Balaban J connectivity index is 1.69. The first-order valence-electron chi connectivity index (χ1n) is 13.4. The Hall–Kier alpha value is -3.67. The molecule has 2 aromatic heterocycles. The van der Waals surface area contributed by atoms with E-state index in [1.807, 2.05) is 20.8 Å². The highest BCUT2D eigenvalue weighted by atomic mass is 32.2. The van der Waals surface area contributed by atoms with Crippen molar-refractivity contribution in [3.8, 4) is 0 Å². The molecule has 0 spiro atoms. The Morgan fingerprint density at radius 3 is 2.48 bits per heavy atom. The molecule has 0 bridgehead atoms. The number of nitrogens with one attached hydrogen (secondary N) is 2. The van der Waals surface area contributed by atoms with Crippen LogP contribution in [0.2, 0.25) is 0 Å². The Bertz CT molecular complexity index is 1450. The maximum absolute atomic E-state index is 13.5. The molecule has 1 atom stereocenters. The first kappa shape index (κ1) is 29.3. The lowest BCUT2D eigenvalue weighted by atomic mass is 9.97. The van der Waals surface area contributed by atoms with Crippen molar-refractivity contribution < 1.29 is 18.0 Å². The van der Waals surface area contributed by atoms with Gasteiger partial charge in [-0.3, -0.25) is 4.79 Å². The molecule has 1 saturated heterocycles. The van der Waals surface area contributed by atoms with Crippen molar-refractivity contribution in [3.63, 3.8) is 0 Å². The summed E-state index contributed by atoms with van der Waals surface area (Å²) in [4.78, 5) is 38.9. The number of nitrogens with zero attached hydrogens (tertiary/aromatic N) is 4. The third-order valence-corrected chi connectivity index (χ3v) is 8.18. The standard InChI is InChI=1S/C28H39N7O4S/c1-18-15-28(5,6)35(16-18)24-20(25(36)33-40(38,39)23-11-7-10-22(29)31-23)12-13-21(30-24)19-9-8-14-34(17-19)26(37)32-27(2,3)4/h7,9-13,18H,8,14-17H2,1-6H3,(H2,29,31)(H,32,37)(H,33,36)/t18-/m0/s1. The van der Waals surface area contributed by atoms with E-state index in [1.54, 1.807) is 17.0 Å². The molecule has 11 nitrogen and oxygen atoms in total. The second-order valence-electron chi connectivity index (χ2n) is 12.3. The molecule has 0 aromatic carbocycles. The van der Waals surface area contributed by atoms with Crippen molar-refractivity contribution in [2.75, 3.05) is 30.3 Å². The van der Waals surface area contributed by atoms with E-state index in [0.717, 1.165) is 12.0 Å². The van der Waals surface area contributed by atoms with E-state index in [0.29, 0.717) is 43.5 Å². The molecule has 216 valence electrons. The number of amides is 3. The second-order valence-corrected chi connectivity index (χ2v) is 13.9. The molecule has 2 aliphatic rings. The number of hydrogen-bond donors (Lipinski definition) is 3. The van der Waals surface area contributed by atoms with Crippen LogP contribution in [0.5, 0.6) is 0 Å². The molecular weight excluding hydrogens is 530 g/mol. The quantitative estimate of drug-likeness (QED) is 0.496. The maximum Gasteiger partial charge on any atom is 0.318 e. The molecule has 0 aliphatic carbocycles. The number of hydrogen-bond acceptors (Lipinski definition) is 8. The van der Waals surface area contributed by atoms with E-state index in [4.69, 9.17) is 10.7 Å². The number of carbonyl (C=O) groups excluding carboxylic acids is 2. The molecule has 12 heteroatoms. The number of nitrogens with two attached hydrogens (primary N) is 1. The van der Waals surface area contributed by atoms with Gasteiger partial charge in [-0.15, -0.1) is 0 Å². The summed E-state index contributed by atoms with van der Waals surface area (Å²) in [5.74, 6) is -0.0300. The monoisotopic (exact) mass is 569 g/mol. The predicted molar refractivity (Wildman–Crippen MR) is 155 cm³/mol. The van der Waals surface area contributed by atoms with Crippen molar-refractivity contribution in [1.29, 1.82) is 0 Å². The normalized spacial score (nSPS) is 19.2. The molecule has 2 aliphatic heterocycles. The van der Waals surface area contributed by atoms with E-state index in [2.05, 4.69) is 46.8 Å². The molecule has 0 unspecified atom stereocenters. The summed E-state index contributed by atoms with van der Waals surface area (Å²) < 4.78 is 28.0. The van der Waals surface area contributed by atoms with Gasteiger partial charge in [0.1, 0.15) is 11.6 Å². The van der Waals surface area contributed by atoms with Crippen LogP contribution in [0.25, 0.3) is 5.57 Å². The average Bonchev–Trinajstić information content (AvgIpc) is 3.14. The molecule has 4 rings (SSSR count). The summed E-state index contributed by atoms with van der Waals surface area (Å²) in [5.41, 5.74) is 6.62. The number of aromatic nitrogens is 2. The van der Waals surface area contributed by atoms with Gasteiger partial charge in [0.2, 0.25) is 0 Å². The van der Waals surface area contributed by atoms with E-state index < -0.39 is 15.9 Å². The van der Waals surface area contributed by atoms with Crippen LogP contribution in [-0.2, 0) is 10.0 Å². The predicted octanol–water partition coefficient (Wildman–Crippen LogP) is 3.40. The molecule has 0 saturated carbocycles. The van der Waals surface area contributed by atoms with Crippen molar-refractivity contribution in [1.82, 2.24) is 24.9 Å². The highest BCUT2D eigenvalue weighted by molar-refractivity contribution is 7.90. The van der Waals surface area contributed by atoms with Gasteiger partial charge in [0.15, 0.2) is 5.03 Å². The average molecular weight is 570 g/mol. The highest BCUT2D eigenvalue weighted by Crippen LogP contribution is 2.38. The van der Waals surface area contributed by atoms with Crippen molar-refractivity contribution in [2.45, 2.75) is 70.5 Å². The van der Waals surface area contributed by atoms with Gasteiger partial charge in [-0.1, -0.05) is 19.1 Å². The number of sulfonamides is 1. The first-order valence-corrected chi connectivity index (χ1v) is 14.9. The highest BCUT2D eigenvalue weighted by Gasteiger charge is 2.39. The van der Waals surface area contributed by atoms with Gasteiger partial charge in [-0.2, -0.15) is 8.42 Å². The zero-order valence-corrected chi connectivity index (χ0v) is 24.8. The van der Waals surface area contributed by atoms with E-state index >= 15 is 0 Å². The van der Waals surface area contributed by atoms with E-state index in [-0.39, 0.29) is 33.5 Å². The molecule has 0 radical (unpaired) electrons. The van der Waals surface area contributed by atoms with Crippen LogP contribution in [0, 0.1) is 5.92 Å². The molecule has 4 N–H and O–H groups in total. The Labute approximate surface area is 236 Å². The van der Waals surface area contributed by atoms with Crippen LogP contribution in [0.15, 0.2) is 41.4 Å². The van der Waals surface area contributed by atoms with Crippen LogP contribution in [0.4, 0.5) is 16.4 Å². The summed E-state index contributed by atoms with van der Waals surface area (Å²) in [6.07, 6.45) is 3.61. The van der Waals surface area contributed by atoms with Crippen LogP contribution in [0.3, 0.4) is 0 Å². The Kier molecular flexibility index (Phi) is 7.85. The summed E-state index contributed by atoms with van der Waals surface area (Å²) >= 11 is 0. The fourth-order valence-corrected chi connectivity index (χ4v) is 6.22. The number of pyridine rings is 2. The topological polar surface area (TPSA) is 151 Å². The maximum atomic E-state index is 13.5. The molecule has 40 heavy (non-hydrogen) atoms. The summed E-state index contributed by atoms with van der Waals surface area (Å²) in [5, 5.41) is 2.66. The third-order valence-electron chi connectivity index (χ3n) is 6.94. The molecule has 4 heterocycles. The fraction of sp³-hybridized carbons (Fsp3) is 0.500. The lowest BCUT2D eigenvalue weighted by Crippen LogP contribution is -2.49. The Morgan fingerprint density at radius 2 is 1.85 bits per heavy atom. The van der Waals surface area contributed by atoms with Crippen molar-refractivity contribution in [2.24, 2.45) is 5.92 Å². The zero-order valence-electron chi connectivity index (χ0n) is 24.0. The van der Waals surface area contributed by atoms with E-state index in [9.17, 15) is 18.0 Å². The summed E-state index contributed by atoms with van der Waals surface area (Å²) in [7, 11) is -4.27. The van der Waals surface area contributed by atoms with Crippen LogP contribution < -0.4 is 20.7 Å². The minimum absolute atomic E-state index is 0.0285. The van der Waals surface area contributed by atoms with Gasteiger partial charge in [0.25, 0.3) is 15.9 Å². The zero-order chi connectivity index (χ0) is 29.5. The number of carbonyl (C=O) groups is 2. The summed E-state index contributed by atoms with van der Waals surface area (Å²) in [6.45, 7) is 13.7. The number of urea groups is 1. The largest absolute Gasteiger partial charge is 0.384 e. The van der Waals surface area contributed by atoms with Crippen LogP contribution in [-0.4, -0.2) is 65.9 Å². The Morgan fingerprint density at radius 1 is 1.12 bits per heavy atom. The van der Waals surface area contributed by atoms with Crippen molar-refractivity contribution >= 4 is 39.2 Å². The van der Waals surface area contributed by atoms with Gasteiger partial charge in [-0.05, 0) is 83.2 Å². The first-order chi connectivity index (χ1) is 18.6. The number of nitrogen functional groups attached to an aromatic ring is 1. The van der Waals surface area contributed by atoms with Crippen molar-refractivity contribution in [3.05, 3.63) is 47.7 Å². The lowest BCUT2D eigenvalue weighted by molar-refractivity contribution is 0.0981. The molecule has 2 aromatic rings. The SMILES string of the molecule is C[C@@H]1CN(c2nc(C3=CCCN(C(=O)NC(C)(C)C)C3)ccc2C(=O)NS(=O)(=O)c2cccc(N)n2)C(C)(C)C1. The second kappa shape index (κ2) is 10.7. The number of rotatable bonds is 5. The molecule has 3 amide bonds. The van der Waals surface area contributed by atoms with Crippen LogP contribution in [0.1, 0.15) is 70.4 Å². The molecular formula is C28H39N7O4S.